The first kappa shape index (κ1) is 18.4. The molecule has 3 aromatic rings. The Morgan fingerprint density at radius 1 is 1.07 bits per heavy atom. The highest BCUT2D eigenvalue weighted by Gasteiger charge is 2.18. The minimum Gasteiger partial charge on any atom is -0.342 e. The molecule has 9 heteroatoms. The highest BCUT2D eigenvalue weighted by Crippen LogP contribution is 2.24. The molecular formula is C18H17Cl2N5OS. The largest absolute Gasteiger partial charge is 0.342 e. The van der Waals surface area contributed by atoms with Gasteiger partial charge in [-0.2, -0.15) is 4.98 Å². The van der Waals surface area contributed by atoms with Gasteiger partial charge in [0.05, 0.1) is 5.69 Å². The van der Waals surface area contributed by atoms with Gasteiger partial charge < -0.3 is 4.90 Å². The molecule has 1 aliphatic heterocycles. The molecule has 0 spiro atoms. The van der Waals surface area contributed by atoms with Gasteiger partial charge in [0.2, 0.25) is 5.95 Å². The number of fused-ring (bicyclic) bond motifs is 1. The van der Waals surface area contributed by atoms with E-state index in [1.54, 1.807) is 22.8 Å². The summed E-state index contributed by atoms with van der Waals surface area (Å²) in [6, 6.07) is 5.10. The number of hydrogen-bond donors (Lipinski definition) is 1. The Bertz CT molecular complexity index is 1130. The monoisotopic (exact) mass is 421 g/mol. The van der Waals surface area contributed by atoms with Gasteiger partial charge in [-0.05, 0) is 44.4 Å². The zero-order valence-corrected chi connectivity index (χ0v) is 17.0. The van der Waals surface area contributed by atoms with Crippen LogP contribution in [0.15, 0.2) is 23.0 Å². The van der Waals surface area contributed by atoms with Crippen molar-refractivity contribution in [2.24, 2.45) is 0 Å². The van der Waals surface area contributed by atoms with Gasteiger partial charge in [0.1, 0.15) is 15.9 Å². The molecule has 140 valence electrons. The number of halogens is 2. The summed E-state index contributed by atoms with van der Waals surface area (Å²) in [4.78, 5) is 26.9. The van der Waals surface area contributed by atoms with Crippen molar-refractivity contribution in [3.8, 4) is 5.69 Å². The van der Waals surface area contributed by atoms with Crippen molar-refractivity contribution in [1.29, 1.82) is 0 Å². The summed E-state index contributed by atoms with van der Waals surface area (Å²) >= 11 is 17.8. The molecule has 6 nitrogen and oxygen atoms in total. The summed E-state index contributed by atoms with van der Waals surface area (Å²) in [6.45, 7) is 3.57. The molecule has 2 aromatic heterocycles. The Morgan fingerprint density at radius 2 is 1.74 bits per heavy atom. The van der Waals surface area contributed by atoms with Crippen molar-refractivity contribution in [2.75, 3.05) is 18.0 Å². The number of rotatable bonds is 2. The maximum Gasteiger partial charge on any atom is 0.264 e. The third kappa shape index (κ3) is 3.47. The number of anilines is 1. The van der Waals surface area contributed by atoms with Crippen LogP contribution in [0.5, 0.6) is 0 Å². The van der Waals surface area contributed by atoms with Crippen molar-refractivity contribution >= 4 is 52.4 Å². The Labute approximate surface area is 170 Å². The van der Waals surface area contributed by atoms with Crippen LogP contribution in [0.3, 0.4) is 0 Å². The summed E-state index contributed by atoms with van der Waals surface area (Å²) in [6.07, 6.45) is 3.37. The molecule has 1 N–H and O–H groups in total. The molecule has 3 heterocycles. The van der Waals surface area contributed by atoms with Gasteiger partial charge in [0.25, 0.3) is 5.56 Å². The van der Waals surface area contributed by atoms with Crippen molar-refractivity contribution in [2.45, 2.75) is 26.2 Å². The molecule has 1 saturated heterocycles. The van der Waals surface area contributed by atoms with Gasteiger partial charge in [-0.1, -0.05) is 35.4 Å². The van der Waals surface area contributed by atoms with E-state index < -0.39 is 0 Å². The molecule has 4 rings (SSSR count). The number of aryl methyl sites for hydroxylation is 1. The molecule has 0 saturated carbocycles. The predicted molar refractivity (Wildman–Crippen MR) is 111 cm³/mol. The Morgan fingerprint density at radius 3 is 2.41 bits per heavy atom. The Kier molecular flexibility index (Phi) is 4.92. The molecule has 1 aromatic carbocycles. The van der Waals surface area contributed by atoms with Crippen molar-refractivity contribution < 1.29 is 0 Å². The van der Waals surface area contributed by atoms with Crippen LogP contribution in [0.25, 0.3) is 16.7 Å². The number of nitrogens with zero attached hydrogens (tertiary/aromatic N) is 4. The first-order chi connectivity index (χ1) is 12.9. The van der Waals surface area contributed by atoms with E-state index in [-0.39, 0.29) is 10.9 Å². The lowest BCUT2D eigenvalue weighted by atomic mass is 10.1. The molecule has 1 fully saturated rings. The lowest BCUT2D eigenvalue weighted by Gasteiger charge is -2.27. The standard InChI is InChI=1S/C18H17Cl2N5OS/c1-10-21-15-14(16(26)23-18(22-15)24-5-3-2-4-6-24)17(27)25(10)13-8-11(19)7-12(20)9-13/h7-9H,2-6H2,1H3,(H,22,23,26). The maximum absolute atomic E-state index is 12.8. The molecule has 1 aliphatic rings. The van der Waals surface area contributed by atoms with E-state index >= 15 is 0 Å². The van der Waals surface area contributed by atoms with Crippen LogP contribution >= 0.6 is 35.4 Å². The van der Waals surface area contributed by atoms with Gasteiger partial charge in [0.15, 0.2) is 5.65 Å². The van der Waals surface area contributed by atoms with Crippen molar-refractivity contribution in [1.82, 2.24) is 19.5 Å². The Hall–Kier alpha value is -1.96. The van der Waals surface area contributed by atoms with E-state index in [0.717, 1.165) is 25.9 Å². The number of aromatic amines is 1. The Balaban J connectivity index is 1.93. The first-order valence-corrected chi connectivity index (χ1v) is 9.85. The van der Waals surface area contributed by atoms with Crippen LogP contribution in [-0.2, 0) is 0 Å². The van der Waals surface area contributed by atoms with E-state index in [0.29, 0.717) is 37.8 Å². The minimum absolute atomic E-state index is 0.285. The second-order valence-corrected chi connectivity index (χ2v) is 7.82. The molecule has 0 aliphatic carbocycles. The molecule has 0 bridgehead atoms. The summed E-state index contributed by atoms with van der Waals surface area (Å²) in [5.74, 6) is 1.16. The third-order valence-electron chi connectivity index (χ3n) is 4.66. The molecule has 0 amide bonds. The smallest absolute Gasteiger partial charge is 0.264 e. The lowest BCUT2D eigenvalue weighted by Crippen LogP contribution is -2.32. The summed E-state index contributed by atoms with van der Waals surface area (Å²) in [5, 5.41) is 1.24. The van der Waals surface area contributed by atoms with Gasteiger partial charge in [-0.3, -0.25) is 14.3 Å². The zero-order valence-electron chi connectivity index (χ0n) is 14.6. The number of aromatic nitrogens is 4. The van der Waals surface area contributed by atoms with Crippen LogP contribution in [0, 0.1) is 11.6 Å². The molecule has 0 unspecified atom stereocenters. The molecule has 0 radical (unpaired) electrons. The second kappa shape index (κ2) is 7.22. The van der Waals surface area contributed by atoms with E-state index in [1.165, 1.54) is 6.42 Å². The summed E-state index contributed by atoms with van der Waals surface area (Å²) < 4.78 is 2.02. The fourth-order valence-electron chi connectivity index (χ4n) is 3.41. The molecular weight excluding hydrogens is 405 g/mol. The average molecular weight is 422 g/mol. The molecule has 0 atom stereocenters. The number of nitrogens with one attached hydrogen (secondary N) is 1. The summed E-state index contributed by atoms with van der Waals surface area (Å²) in [7, 11) is 0. The maximum atomic E-state index is 12.8. The van der Waals surface area contributed by atoms with E-state index in [9.17, 15) is 4.79 Å². The van der Waals surface area contributed by atoms with E-state index in [1.807, 2.05) is 6.92 Å². The second-order valence-electron chi connectivity index (χ2n) is 6.56. The zero-order chi connectivity index (χ0) is 19.1. The van der Waals surface area contributed by atoms with Crippen LogP contribution < -0.4 is 10.5 Å². The van der Waals surface area contributed by atoms with Gasteiger partial charge in [0, 0.05) is 23.1 Å². The molecule has 27 heavy (non-hydrogen) atoms. The topological polar surface area (TPSA) is 66.8 Å². The lowest BCUT2D eigenvalue weighted by molar-refractivity contribution is 0.568. The van der Waals surface area contributed by atoms with Gasteiger partial charge in [-0.15, -0.1) is 0 Å². The fraction of sp³-hybridized carbons (Fsp3) is 0.333. The third-order valence-corrected chi connectivity index (χ3v) is 5.48. The number of piperidine rings is 1. The predicted octanol–water partition coefficient (Wildman–Crippen LogP) is 4.44. The average Bonchev–Trinajstić information content (AvgIpc) is 2.61. The van der Waals surface area contributed by atoms with Crippen molar-refractivity contribution in [3.05, 3.63) is 49.1 Å². The van der Waals surface area contributed by atoms with Crippen molar-refractivity contribution in [3.63, 3.8) is 0 Å². The van der Waals surface area contributed by atoms with E-state index in [4.69, 9.17) is 35.4 Å². The van der Waals surface area contributed by atoms with Gasteiger partial charge >= 0.3 is 0 Å². The highest BCUT2D eigenvalue weighted by atomic mass is 35.5. The number of hydrogen-bond acceptors (Lipinski definition) is 5. The normalized spacial score (nSPS) is 14.7. The first-order valence-electron chi connectivity index (χ1n) is 8.69. The minimum atomic E-state index is -0.292. The number of benzene rings is 1. The fourth-order valence-corrected chi connectivity index (χ4v) is 4.35. The van der Waals surface area contributed by atoms with Crippen LogP contribution in [0.2, 0.25) is 10.0 Å². The van der Waals surface area contributed by atoms with Gasteiger partial charge in [-0.25, -0.2) is 4.98 Å². The quantitative estimate of drug-likeness (QED) is 0.619. The van der Waals surface area contributed by atoms with Crippen LogP contribution in [0.1, 0.15) is 25.1 Å². The highest BCUT2D eigenvalue weighted by molar-refractivity contribution is 7.71. The number of H-pyrrole nitrogens is 1. The van der Waals surface area contributed by atoms with E-state index in [2.05, 4.69) is 19.9 Å². The SMILES string of the molecule is Cc1nc2nc(N3CCCCC3)[nH]c(=O)c2c(=S)n1-c1cc(Cl)cc(Cl)c1. The van der Waals surface area contributed by atoms with Crippen LogP contribution in [0.4, 0.5) is 5.95 Å². The summed E-state index contributed by atoms with van der Waals surface area (Å²) in [5.41, 5.74) is 0.718. The van der Waals surface area contributed by atoms with Crippen LogP contribution in [-0.4, -0.2) is 32.6 Å².